The van der Waals surface area contributed by atoms with E-state index in [4.69, 9.17) is 16.3 Å². The van der Waals surface area contributed by atoms with E-state index in [1.165, 1.54) is 12.0 Å². The van der Waals surface area contributed by atoms with Gasteiger partial charge in [0.25, 0.3) is 0 Å². The van der Waals surface area contributed by atoms with E-state index in [0.29, 0.717) is 12.1 Å². The Hall–Kier alpha value is -0.570. The highest BCUT2D eigenvalue weighted by atomic mass is 35.5. The maximum absolute atomic E-state index is 5.98. The molecule has 1 N–H and O–H groups in total. The van der Waals surface area contributed by atoms with Crippen molar-refractivity contribution in [2.75, 3.05) is 13.2 Å². The minimum Gasteiger partial charge on any atom is -0.380 e. The van der Waals surface area contributed by atoms with E-state index in [2.05, 4.69) is 18.3 Å². The number of ether oxygens (including phenoxy) is 1. The number of hydrogen-bond acceptors (Lipinski definition) is 2. The molecule has 0 bridgehead atoms. The van der Waals surface area contributed by atoms with Crippen LogP contribution in [0.1, 0.15) is 31.4 Å². The Bertz CT molecular complexity index is 336. The Balaban J connectivity index is 1.94. The molecule has 0 radical (unpaired) electrons. The number of benzene rings is 1. The van der Waals surface area contributed by atoms with Crippen LogP contribution >= 0.6 is 11.6 Å². The van der Waals surface area contributed by atoms with E-state index < -0.39 is 0 Å². The quantitative estimate of drug-likeness (QED) is 0.875. The fourth-order valence-electron chi connectivity index (χ4n) is 2.10. The minimum atomic E-state index is 0.324. The van der Waals surface area contributed by atoms with Gasteiger partial charge in [-0.1, -0.05) is 23.7 Å². The van der Waals surface area contributed by atoms with E-state index in [1.807, 2.05) is 18.2 Å². The lowest BCUT2D eigenvalue weighted by Gasteiger charge is -2.27. The molecule has 2 nitrogen and oxygen atoms in total. The third-order valence-electron chi connectivity index (χ3n) is 2.99. The molecular weight excluding hydrogens is 222 g/mol. The molecule has 1 heterocycles. The molecule has 0 saturated carbocycles. The third kappa shape index (κ3) is 3.21. The molecule has 1 saturated heterocycles. The van der Waals surface area contributed by atoms with E-state index in [0.717, 1.165) is 24.7 Å². The Labute approximate surface area is 102 Å². The molecule has 0 amide bonds. The van der Waals surface area contributed by atoms with Gasteiger partial charge in [-0.3, -0.25) is 0 Å². The van der Waals surface area contributed by atoms with Gasteiger partial charge in [0.2, 0.25) is 0 Å². The van der Waals surface area contributed by atoms with Crippen LogP contribution in [0.4, 0.5) is 0 Å². The summed E-state index contributed by atoms with van der Waals surface area (Å²) < 4.78 is 5.45. The maximum Gasteiger partial charge on any atom is 0.0619 e. The molecule has 1 aliphatic rings. The van der Waals surface area contributed by atoms with Gasteiger partial charge < -0.3 is 10.1 Å². The Morgan fingerprint density at radius 3 is 3.06 bits per heavy atom. The van der Waals surface area contributed by atoms with Gasteiger partial charge in [0.1, 0.15) is 0 Å². The average Bonchev–Trinajstić information content (AvgIpc) is 2.30. The second-order valence-corrected chi connectivity index (χ2v) is 4.79. The van der Waals surface area contributed by atoms with Crippen LogP contribution in [0.3, 0.4) is 0 Å². The lowest BCUT2D eigenvalue weighted by molar-refractivity contribution is 0.0671. The number of nitrogens with one attached hydrogen (secondary N) is 1. The van der Waals surface area contributed by atoms with Crippen LogP contribution < -0.4 is 5.32 Å². The SMILES string of the molecule is C[C@@H](NC1CCCOC1)c1cccc(Cl)c1. The highest BCUT2D eigenvalue weighted by Gasteiger charge is 2.16. The van der Waals surface area contributed by atoms with E-state index in [-0.39, 0.29) is 0 Å². The first-order valence-electron chi connectivity index (χ1n) is 5.85. The topological polar surface area (TPSA) is 21.3 Å². The van der Waals surface area contributed by atoms with Gasteiger partial charge in [0, 0.05) is 23.7 Å². The standard InChI is InChI=1S/C13H18ClNO/c1-10(11-4-2-5-12(14)8-11)15-13-6-3-7-16-9-13/h2,4-5,8,10,13,15H,3,6-7,9H2,1H3/t10-,13?/m1/s1. The molecule has 2 rings (SSSR count). The van der Waals surface area contributed by atoms with Crippen molar-refractivity contribution >= 4 is 11.6 Å². The van der Waals surface area contributed by atoms with Crippen molar-refractivity contribution in [2.45, 2.75) is 31.8 Å². The predicted octanol–water partition coefficient (Wildman–Crippen LogP) is 3.17. The molecule has 0 aromatic heterocycles. The fourth-order valence-corrected chi connectivity index (χ4v) is 2.30. The first-order chi connectivity index (χ1) is 7.75. The van der Waals surface area contributed by atoms with Crippen LogP contribution in [0.25, 0.3) is 0 Å². The summed E-state index contributed by atoms with van der Waals surface area (Å²) in [4.78, 5) is 0. The summed E-state index contributed by atoms with van der Waals surface area (Å²) in [6.07, 6.45) is 2.35. The summed E-state index contributed by atoms with van der Waals surface area (Å²) in [5, 5.41) is 4.38. The summed E-state index contributed by atoms with van der Waals surface area (Å²) in [7, 11) is 0. The van der Waals surface area contributed by atoms with Crippen molar-refractivity contribution in [1.29, 1.82) is 0 Å². The smallest absolute Gasteiger partial charge is 0.0619 e. The van der Waals surface area contributed by atoms with Gasteiger partial charge in [0.15, 0.2) is 0 Å². The number of rotatable bonds is 3. The van der Waals surface area contributed by atoms with Crippen molar-refractivity contribution in [3.05, 3.63) is 34.9 Å². The second kappa shape index (κ2) is 5.67. The van der Waals surface area contributed by atoms with Crippen molar-refractivity contribution in [3.8, 4) is 0 Å². The van der Waals surface area contributed by atoms with Crippen LogP contribution in [0.5, 0.6) is 0 Å². The van der Waals surface area contributed by atoms with Crippen molar-refractivity contribution in [1.82, 2.24) is 5.32 Å². The monoisotopic (exact) mass is 239 g/mol. The zero-order valence-electron chi connectivity index (χ0n) is 9.58. The highest BCUT2D eigenvalue weighted by molar-refractivity contribution is 6.30. The zero-order chi connectivity index (χ0) is 11.4. The molecule has 1 unspecified atom stereocenters. The van der Waals surface area contributed by atoms with Crippen LogP contribution in [0.2, 0.25) is 5.02 Å². The molecule has 3 heteroatoms. The molecule has 1 aromatic carbocycles. The van der Waals surface area contributed by atoms with Crippen LogP contribution in [-0.4, -0.2) is 19.3 Å². The van der Waals surface area contributed by atoms with E-state index >= 15 is 0 Å². The largest absolute Gasteiger partial charge is 0.380 e. The highest BCUT2D eigenvalue weighted by Crippen LogP contribution is 2.19. The third-order valence-corrected chi connectivity index (χ3v) is 3.23. The first-order valence-corrected chi connectivity index (χ1v) is 6.23. The zero-order valence-corrected chi connectivity index (χ0v) is 10.3. The maximum atomic E-state index is 5.98. The van der Waals surface area contributed by atoms with Gasteiger partial charge in [-0.15, -0.1) is 0 Å². The summed E-state index contributed by atoms with van der Waals surface area (Å²) in [5.41, 5.74) is 1.23. The van der Waals surface area contributed by atoms with Crippen LogP contribution in [0, 0.1) is 0 Å². The average molecular weight is 240 g/mol. The van der Waals surface area contributed by atoms with E-state index in [9.17, 15) is 0 Å². The lowest BCUT2D eigenvalue weighted by atomic mass is 10.1. The molecule has 88 valence electrons. The fraction of sp³-hybridized carbons (Fsp3) is 0.538. The van der Waals surface area contributed by atoms with Gasteiger partial charge >= 0.3 is 0 Å². The van der Waals surface area contributed by atoms with Crippen LogP contribution in [-0.2, 0) is 4.74 Å². The second-order valence-electron chi connectivity index (χ2n) is 4.36. The summed E-state index contributed by atoms with van der Waals surface area (Å²) in [5.74, 6) is 0. The summed E-state index contributed by atoms with van der Waals surface area (Å²) in [6, 6.07) is 8.82. The van der Waals surface area contributed by atoms with Crippen molar-refractivity contribution in [3.63, 3.8) is 0 Å². The Kier molecular flexibility index (Phi) is 4.22. The van der Waals surface area contributed by atoms with Crippen molar-refractivity contribution < 1.29 is 4.74 Å². The normalized spacial score (nSPS) is 23.0. The van der Waals surface area contributed by atoms with Gasteiger partial charge in [-0.05, 0) is 37.5 Å². The number of hydrogen-bond donors (Lipinski definition) is 1. The predicted molar refractivity (Wildman–Crippen MR) is 66.8 cm³/mol. The van der Waals surface area contributed by atoms with Gasteiger partial charge in [-0.25, -0.2) is 0 Å². The lowest BCUT2D eigenvalue weighted by Crippen LogP contribution is -2.38. The minimum absolute atomic E-state index is 0.324. The molecule has 16 heavy (non-hydrogen) atoms. The molecule has 0 spiro atoms. The molecule has 1 fully saturated rings. The van der Waals surface area contributed by atoms with E-state index in [1.54, 1.807) is 0 Å². The Morgan fingerprint density at radius 2 is 2.38 bits per heavy atom. The molecule has 1 aliphatic heterocycles. The Morgan fingerprint density at radius 1 is 1.50 bits per heavy atom. The summed E-state index contributed by atoms with van der Waals surface area (Å²) in [6.45, 7) is 3.90. The van der Waals surface area contributed by atoms with Crippen molar-refractivity contribution in [2.24, 2.45) is 0 Å². The van der Waals surface area contributed by atoms with Gasteiger partial charge in [0.05, 0.1) is 6.61 Å². The van der Waals surface area contributed by atoms with Crippen LogP contribution in [0.15, 0.2) is 24.3 Å². The van der Waals surface area contributed by atoms with Gasteiger partial charge in [-0.2, -0.15) is 0 Å². The molecule has 2 atom stereocenters. The molecule has 0 aliphatic carbocycles. The molecular formula is C13H18ClNO. The number of halogens is 1. The first kappa shape index (κ1) is 11.9. The summed E-state index contributed by atoms with van der Waals surface area (Å²) >= 11 is 5.98. The molecule has 1 aromatic rings.